The van der Waals surface area contributed by atoms with Crippen LogP contribution in [-0.2, 0) is 0 Å². The Labute approximate surface area is 183 Å². The van der Waals surface area contributed by atoms with Gasteiger partial charge in [-0.2, -0.15) is 4.52 Å². The molecule has 0 aliphatic rings. The lowest BCUT2D eigenvalue weighted by molar-refractivity contribution is 0.947. The molecule has 146 valence electrons. The third-order valence-corrected chi connectivity index (χ3v) is 5.29. The molecule has 1 N–H and O–H groups in total. The van der Waals surface area contributed by atoms with Gasteiger partial charge in [-0.15, -0.1) is 5.10 Å². The van der Waals surface area contributed by atoms with Gasteiger partial charge >= 0.3 is 0 Å². The lowest BCUT2D eigenvalue weighted by Crippen LogP contribution is -2.11. The molecule has 0 aliphatic carbocycles. The number of aromatic nitrogens is 5. The van der Waals surface area contributed by atoms with E-state index in [0.717, 1.165) is 9.86 Å². The van der Waals surface area contributed by atoms with Crippen LogP contribution in [-0.4, -0.2) is 24.6 Å². The normalized spacial score (nSPS) is 11.1. The summed E-state index contributed by atoms with van der Waals surface area (Å²) in [4.78, 5) is 25.5. The molecule has 9 heteroatoms. The van der Waals surface area contributed by atoms with Crippen LogP contribution in [0.25, 0.3) is 27.9 Å². The fraction of sp³-hybridized carbons (Fsp3) is 0. The van der Waals surface area contributed by atoms with Gasteiger partial charge in [-0.1, -0.05) is 45.7 Å². The van der Waals surface area contributed by atoms with Gasteiger partial charge in [0.1, 0.15) is 5.69 Å². The van der Waals surface area contributed by atoms with Crippen LogP contribution in [0.1, 0.15) is 0 Å². The number of nitrogens with one attached hydrogen (secondary N) is 1. The van der Waals surface area contributed by atoms with Crippen LogP contribution in [0, 0.1) is 0 Å². The molecular weight excluding hydrogens is 468 g/mol. The van der Waals surface area contributed by atoms with Gasteiger partial charge in [-0.3, -0.25) is 4.79 Å². The Morgan fingerprint density at radius 2 is 1.83 bits per heavy atom. The van der Waals surface area contributed by atoms with E-state index in [0.29, 0.717) is 33.5 Å². The SMILES string of the molecule is O=c1nccccc1Nc1nc2ccccc2c2nc(-c3ccc(Br)cc3Cl)nn12. The summed E-state index contributed by atoms with van der Waals surface area (Å²) in [7, 11) is 0. The van der Waals surface area contributed by atoms with E-state index >= 15 is 0 Å². The average Bonchev–Trinajstić information content (AvgIpc) is 3.08. The number of hydrogen-bond acceptors (Lipinski definition) is 6. The van der Waals surface area contributed by atoms with E-state index in [1.165, 1.54) is 6.20 Å². The first-order valence-corrected chi connectivity index (χ1v) is 10.1. The molecule has 7 nitrogen and oxygen atoms in total. The number of anilines is 2. The molecule has 3 heterocycles. The minimum absolute atomic E-state index is 0.280. The Morgan fingerprint density at radius 3 is 2.70 bits per heavy atom. The number of benzene rings is 2. The summed E-state index contributed by atoms with van der Waals surface area (Å²) < 4.78 is 2.43. The second-order valence-corrected chi connectivity index (χ2v) is 7.74. The molecule has 5 rings (SSSR count). The standard InChI is InChI=1S/C21H12BrClN6O/c22-12-8-9-13(15(23)11-12)18-27-19-14-5-1-2-6-16(14)25-21(29(19)28-18)26-17-7-3-4-10-24-20(17)30/h1-11H,(H,24,25,26,30). The van der Waals surface area contributed by atoms with Crippen LogP contribution < -0.4 is 10.9 Å². The highest BCUT2D eigenvalue weighted by atomic mass is 79.9. The maximum Gasteiger partial charge on any atom is 0.293 e. The fourth-order valence-corrected chi connectivity index (χ4v) is 3.85. The molecule has 2 aromatic carbocycles. The van der Waals surface area contributed by atoms with Gasteiger partial charge in [0.25, 0.3) is 5.56 Å². The Hall–Kier alpha value is -3.36. The highest BCUT2D eigenvalue weighted by Crippen LogP contribution is 2.30. The van der Waals surface area contributed by atoms with Gasteiger partial charge < -0.3 is 5.32 Å². The fourth-order valence-electron chi connectivity index (χ4n) is 3.09. The number of fused-ring (bicyclic) bond motifs is 3. The second kappa shape index (κ2) is 7.47. The second-order valence-electron chi connectivity index (χ2n) is 6.42. The highest BCUT2D eigenvalue weighted by Gasteiger charge is 2.17. The molecule has 3 aromatic heterocycles. The number of hydrogen-bond donors (Lipinski definition) is 1. The minimum atomic E-state index is -0.403. The van der Waals surface area contributed by atoms with Crippen LogP contribution in [0.2, 0.25) is 5.02 Å². The first kappa shape index (κ1) is 18.7. The molecular formula is C21H12BrClN6O. The third-order valence-electron chi connectivity index (χ3n) is 4.48. The van der Waals surface area contributed by atoms with Crippen molar-refractivity contribution in [2.45, 2.75) is 0 Å². The first-order valence-electron chi connectivity index (χ1n) is 8.93. The van der Waals surface area contributed by atoms with E-state index in [1.807, 2.05) is 36.4 Å². The van der Waals surface area contributed by atoms with Crippen LogP contribution in [0.15, 0.2) is 76.1 Å². The zero-order chi connectivity index (χ0) is 20.7. The first-order chi connectivity index (χ1) is 14.6. The van der Waals surface area contributed by atoms with Crippen molar-refractivity contribution < 1.29 is 0 Å². The van der Waals surface area contributed by atoms with Crippen molar-refractivity contribution in [3.05, 3.63) is 86.7 Å². The van der Waals surface area contributed by atoms with Crippen LogP contribution in [0.4, 0.5) is 11.6 Å². The Morgan fingerprint density at radius 1 is 1.00 bits per heavy atom. The van der Waals surface area contributed by atoms with Crippen molar-refractivity contribution in [1.29, 1.82) is 0 Å². The molecule has 0 amide bonds. The summed E-state index contributed by atoms with van der Waals surface area (Å²) in [5, 5.41) is 9.02. The van der Waals surface area contributed by atoms with E-state index in [4.69, 9.17) is 16.6 Å². The lowest BCUT2D eigenvalue weighted by Gasteiger charge is -2.07. The Balaban J connectivity index is 1.76. The summed E-state index contributed by atoms with van der Waals surface area (Å²) in [6.07, 6.45) is 1.44. The van der Waals surface area contributed by atoms with Crippen molar-refractivity contribution in [1.82, 2.24) is 24.6 Å². The van der Waals surface area contributed by atoms with E-state index in [1.54, 1.807) is 28.8 Å². The number of para-hydroxylation sites is 1. The topological polar surface area (TPSA) is 85.1 Å². The molecule has 0 bridgehead atoms. The summed E-state index contributed by atoms with van der Waals surface area (Å²) in [5.41, 5.74) is 1.88. The molecule has 0 saturated heterocycles. The maximum atomic E-state index is 12.3. The maximum absolute atomic E-state index is 12.3. The molecule has 0 radical (unpaired) electrons. The van der Waals surface area contributed by atoms with Crippen molar-refractivity contribution in [3.63, 3.8) is 0 Å². The van der Waals surface area contributed by atoms with E-state index in [9.17, 15) is 4.79 Å². The largest absolute Gasteiger partial charge is 0.319 e. The van der Waals surface area contributed by atoms with Crippen molar-refractivity contribution >= 4 is 55.7 Å². The smallest absolute Gasteiger partial charge is 0.293 e. The molecule has 5 aromatic rings. The van der Waals surface area contributed by atoms with E-state index < -0.39 is 5.56 Å². The minimum Gasteiger partial charge on any atom is -0.319 e. The van der Waals surface area contributed by atoms with Gasteiger partial charge in [0, 0.05) is 21.6 Å². The summed E-state index contributed by atoms with van der Waals surface area (Å²) in [5.74, 6) is 0.800. The summed E-state index contributed by atoms with van der Waals surface area (Å²) >= 11 is 9.82. The Bertz CT molecular complexity index is 1490. The van der Waals surface area contributed by atoms with Gasteiger partial charge in [0.2, 0.25) is 5.95 Å². The zero-order valence-corrected chi connectivity index (χ0v) is 17.6. The number of nitrogens with zero attached hydrogens (tertiary/aromatic N) is 5. The highest BCUT2D eigenvalue weighted by molar-refractivity contribution is 9.10. The lowest BCUT2D eigenvalue weighted by atomic mass is 10.2. The molecule has 30 heavy (non-hydrogen) atoms. The summed E-state index contributed by atoms with van der Waals surface area (Å²) in [6, 6.07) is 18.2. The van der Waals surface area contributed by atoms with Gasteiger partial charge in [0.05, 0.1) is 10.5 Å². The van der Waals surface area contributed by atoms with Gasteiger partial charge in [-0.25, -0.2) is 15.0 Å². The molecule has 0 unspecified atom stereocenters. The van der Waals surface area contributed by atoms with Crippen molar-refractivity contribution in [2.75, 3.05) is 5.32 Å². The summed E-state index contributed by atoms with van der Waals surface area (Å²) in [6.45, 7) is 0. The van der Waals surface area contributed by atoms with Crippen LogP contribution >= 0.6 is 27.5 Å². The Kier molecular flexibility index (Phi) is 4.65. The van der Waals surface area contributed by atoms with Gasteiger partial charge in [-0.05, 0) is 42.5 Å². The van der Waals surface area contributed by atoms with E-state index in [-0.39, 0.29) is 5.69 Å². The van der Waals surface area contributed by atoms with Crippen molar-refractivity contribution in [3.8, 4) is 11.4 Å². The quantitative estimate of drug-likeness (QED) is 0.398. The average molecular weight is 480 g/mol. The number of halogens is 2. The molecule has 0 fully saturated rings. The predicted molar refractivity (Wildman–Crippen MR) is 120 cm³/mol. The van der Waals surface area contributed by atoms with Crippen LogP contribution in [0.5, 0.6) is 0 Å². The zero-order valence-electron chi connectivity index (χ0n) is 15.3. The molecule has 0 atom stereocenters. The molecule has 0 aliphatic heterocycles. The molecule has 0 spiro atoms. The third kappa shape index (κ3) is 3.30. The van der Waals surface area contributed by atoms with Gasteiger partial charge in [0.15, 0.2) is 11.5 Å². The monoisotopic (exact) mass is 478 g/mol. The van der Waals surface area contributed by atoms with Crippen LogP contribution in [0.3, 0.4) is 0 Å². The van der Waals surface area contributed by atoms with Crippen molar-refractivity contribution in [2.24, 2.45) is 0 Å². The molecule has 0 saturated carbocycles. The van der Waals surface area contributed by atoms with E-state index in [2.05, 4.69) is 36.3 Å². The predicted octanol–water partition coefficient (Wildman–Crippen LogP) is 4.86. The number of rotatable bonds is 3.